The Bertz CT molecular complexity index is 443. The summed E-state index contributed by atoms with van der Waals surface area (Å²) in [6, 6.07) is 3.23. The molecule has 0 aliphatic carbocycles. The first-order chi connectivity index (χ1) is 9.38. The van der Waals surface area contributed by atoms with Crippen LogP contribution in [0.1, 0.15) is 31.1 Å². The average molecular weight is 281 g/mol. The Morgan fingerprint density at radius 2 is 2.05 bits per heavy atom. The van der Waals surface area contributed by atoms with Gasteiger partial charge in [-0.3, -0.25) is 4.98 Å². The second-order valence-corrected chi connectivity index (χ2v) is 4.95. The lowest BCUT2D eigenvalue weighted by atomic mass is 10.2. The summed E-state index contributed by atoms with van der Waals surface area (Å²) >= 11 is 0. The van der Waals surface area contributed by atoms with Crippen LogP contribution in [0.4, 0.5) is 4.79 Å². The molecule has 0 aromatic carbocycles. The van der Waals surface area contributed by atoms with Crippen LogP contribution in [0.3, 0.4) is 0 Å². The van der Waals surface area contributed by atoms with E-state index in [1.807, 2.05) is 0 Å². The van der Waals surface area contributed by atoms with E-state index < -0.39 is 17.7 Å². The van der Waals surface area contributed by atoms with Gasteiger partial charge in [-0.25, -0.2) is 9.59 Å². The van der Waals surface area contributed by atoms with Crippen molar-refractivity contribution in [1.29, 1.82) is 0 Å². The molecule has 1 aromatic heterocycles. The number of alkyl carbamates (subject to hydrolysis) is 1. The highest BCUT2D eigenvalue weighted by molar-refractivity contribution is 5.88. The van der Waals surface area contributed by atoms with Gasteiger partial charge in [0.15, 0.2) is 0 Å². The van der Waals surface area contributed by atoms with Crippen molar-refractivity contribution >= 4 is 12.1 Å². The lowest BCUT2D eigenvalue weighted by Gasteiger charge is -2.19. The largest absolute Gasteiger partial charge is 0.444 e. The minimum atomic E-state index is -0.537. The molecule has 0 aliphatic rings. The summed E-state index contributed by atoms with van der Waals surface area (Å²) < 4.78 is 5.04. The fourth-order valence-electron chi connectivity index (χ4n) is 1.19. The lowest BCUT2D eigenvalue weighted by molar-refractivity contribution is 0.0251. The maximum absolute atomic E-state index is 11.5. The zero-order valence-electron chi connectivity index (χ0n) is 11.8. The second-order valence-electron chi connectivity index (χ2n) is 4.95. The molecule has 0 atom stereocenters. The zero-order valence-corrected chi connectivity index (χ0v) is 11.8. The van der Waals surface area contributed by atoms with Gasteiger partial charge in [-0.1, -0.05) is 0 Å². The van der Waals surface area contributed by atoms with Gasteiger partial charge < -0.3 is 14.9 Å². The predicted molar refractivity (Wildman–Crippen MR) is 71.9 cm³/mol. The van der Waals surface area contributed by atoms with Crippen molar-refractivity contribution in [3.8, 4) is 0 Å². The van der Waals surface area contributed by atoms with Crippen molar-refractivity contribution in [2.45, 2.75) is 26.4 Å². The summed E-state index contributed by atoms with van der Waals surface area (Å²) in [6.45, 7) is 5.88. The average Bonchev–Trinajstić information content (AvgIpc) is 2.37. The van der Waals surface area contributed by atoms with Crippen LogP contribution in [0.25, 0.3) is 0 Å². The highest BCUT2D eigenvalue weighted by Gasteiger charge is 2.15. The van der Waals surface area contributed by atoms with E-state index in [1.54, 1.807) is 39.1 Å². The van der Waals surface area contributed by atoms with E-state index in [9.17, 15) is 9.59 Å². The van der Waals surface area contributed by atoms with Crippen molar-refractivity contribution in [2.75, 3.05) is 13.1 Å². The molecular formula is C13H19N3O4. The molecule has 1 amide bonds. The van der Waals surface area contributed by atoms with Crippen LogP contribution in [0, 0.1) is 0 Å². The quantitative estimate of drug-likeness (QED) is 0.624. The van der Waals surface area contributed by atoms with Gasteiger partial charge in [-0.2, -0.15) is 5.48 Å². The van der Waals surface area contributed by atoms with Crippen LogP contribution in [0.2, 0.25) is 0 Å². The highest BCUT2D eigenvalue weighted by atomic mass is 16.7. The number of rotatable bonds is 5. The molecule has 0 spiro atoms. The third-order valence-corrected chi connectivity index (χ3v) is 1.96. The Morgan fingerprint density at radius 1 is 1.30 bits per heavy atom. The first kappa shape index (κ1) is 15.9. The Morgan fingerprint density at radius 3 is 2.65 bits per heavy atom. The number of hydrogen-bond acceptors (Lipinski definition) is 6. The van der Waals surface area contributed by atoms with Crippen LogP contribution >= 0.6 is 0 Å². The number of carbonyl (C=O) groups excluding carboxylic acids is 2. The zero-order chi connectivity index (χ0) is 15.0. The van der Waals surface area contributed by atoms with Crippen LogP contribution in [-0.2, 0) is 9.57 Å². The summed E-state index contributed by atoms with van der Waals surface area (Å²) in [5, 5.41) is 2.53. The standard InChI is InChI=1S/C13H19N3O4/c1-13(2,3)19-12(18)15-7-8-16-20-11(17)10-5-4-6-14-9-10/h4-6,9,16H,7-8H2,1-3H3,(H,15,18). The van der Waals surface area contributed by atoms with Gasteiger partial charge in [0.2, 0.25) is 0 Å². The molecule has 0 saturated carbocycles. The molecule has 1 aromatic rings. The van der Waals surface area contributed by atoms with Crippen LogP contribution in [0.15, 0.2) is 24.5 Å². The number of hydrogen-bond donors (Lipinski definition) is 2. The molecule has 1 heterocycles. The maximum atomic E-state index is 11.5. The molecular weight excluding hydrogens is 262 g/mol. The van der Waals surface area contributed by atoms with Crippen LogP contribution in [-0.4, -0.2) is 35.7 Å². The summed E-state index contributed by atoms with van der Waals surface area (Å²) in [4.78, 5) is 31.4. The number of nitrogens with zero attached hydrogens (tertiary/aromatic N) is 1. The summed E-state index contributed by atoms with van der Waals surface area (Å²) in [7, 11) is 0. The van der Waals surface area contributed by atoms with E-state index in [0.29, 0.717) is 5.56 Å². The fraction of sp³-hybridized carbons (Fsp3) is 0.462. The van der Waals surface area contributed by atoms with Gasteiger partial charge in [0.25, 0.3) is 0 Å². The molecule has 0 saturated heterocycles. The molecule has 0 radical (unpaired) electrons. The van der Waals surface area contributed by atoms with Crippen molar-refractivity contribution in [3.05, 3.63) is 30.1 Å². The summed E-state index contributed by atoms with van der Waals surface area (Å²) in [6.07, 6.45) is 2.45. The summed E-state index contributed by atoms with van der Waals surface area (Å²) in [5.74, 6) is -0.532. The minimum Gasteiger partial charge on any atom is -0.444 e. The van der Waals surface area contributed by atoms with E-state index in [2.05, 4.69) is 15.8 Å². The van der Waals surface area contributed by atoms with E-state index in [4.69, 9.17) is 9.57 Å². The number of carbonyl (C=O) groups is 2. The molecule has 0 fully saturated rings. The van der Waals surface area contributed by atoms with E-state index >= 15 is 0 Å². The molecule has 2 N–H and O–H groups in total. The number of ether oxygens (including phenoxy) is 1. The molecule has 0 bridgehead atoms. The maximum Gasteiger partial charge on any atom is 0.407 e. The van der Waals surface area contributed by atoms with Crippen molar-refractivity contribution in [3.63, 3.8) is 0 Å². The molecule has 7 heteroatoms. The normalized spacial score (nSPS) is 10.8. The number of amides is 1. The first-order valence-electron chi connectivity index (χ1n) is 6.19. The van der Waals surface area contributed by atoms with Gasteiger partial charge in [0.1, 0.15) is 5.60 Å². The third-order valence-electron chi connectivity index (χ3n) is 1.96. The van der Waals surface area contributed by atoms with E-state index in [0.717, 1.165) is 0 Å². The molecule has 1 rings (SSSR count). The van der Waals surface area contributed by atoms with Gasteiger partial charge in [0.05, 0.1) is 5.56 Å². The minimum absolute atomic E-state index is 0.269. The number of pyridine rings is 1. The highest BCUT2D eigenvalue weighted by Crippen LogP contribution is 2.05. The molecule has 110 valence electrons. The Hall–Kier alpha value is -2.15. The molecule has 20 heavy (non-hydrogen) atoms. The van der Waals surface area contributed by atoms with Crippen molar-refractivity contribution < 1.29 is 19.2 Å². The number of hydroxylamine groups is 1. The predicted octanol–water partition coefficient (Wildman–Crippen LogP) is 1.27. The van der Waals surface area contributed by atoms with Crippen molar-refractivity contribution in [2.24, 2.45) is 0 Å². The lowest BCUT2D eigenvalue weighted by Crippen LogP contribution is -2.36. The molecule has 0 unspecified atom stereocenters. The molecule has 7 nitrogen and oxygen atoms in total. The first-order valence-corrected chi connectivity index (χ1v) is 6.19. The van der Waals surface area contributed by atoms with Gasteiger partial charge >= 0.3 is 12.1 Å². The van der Waals surface area contributed by atoms with Gasteiger partial charge in [0, 0.05) is 25.5 Å². The number of aromatic nitrogens is 1. The fourth-order valence-corrected chi connectivity index (χ4v) is 1.19. The Kier molecular flexibility index (Phi) is 5.92. The van der Waals surface area contributed by atoms with Gasteiger partial charge in [-0.15, -0.1) is 0 Å². The monoisotopic (exact) mass is 281 g/mol. The van der Waals surface area contributed by atoms with E-state index in [-0.39, 0.29) is 13.1 Å². The second kappa shape index (κ2) is 7.44. The topological polar surface area (TPSA) is 89.5 Å². The Labute approximate surface area is 117 Å². The summed E-state index contributed by atoms with van der Waals surface area (Å²) in [5.41, 5.74) is 2.26. The van der Waals surface area contributed by atoms with Gasteiger partial charge in [-0.05, 0) is 32.9 Å². The van der Waals surface area contributed by atoms with E-state index in [1.165, 1.54) is 6.20 Å². The van der Waals surface area contributed by atoms with Crippen LogP contribution in [0.5, 0.6) is 0 Å². The SMILES string of the molecule is CC(C)(C)OC(=O)NCCNOC(=O)c1cccnc1. The van der Waals surface area contributed by atoms with Crippen molar-refractivity contribution in [1.82, 2.24) is 15.8 Å². The Balaban J connectivity index is 2.14. The molecule has 0 aliphatic heterocycles. The third kappa shape index (κ3) is 6.69. The smallest absolute Gasteiger partial charge is 0.407 e. The van der Waals surface area contributed by atoms with Crippen LogP contribution < -0.4 is 10.8 Å². The number of nitrogens with one attached hydrogen (secondary N) is 2.